The quantitative estimate of drug-likeness (QED) is 0.519. The van der Waals surface area contributed by atoms with Gasteiger partial charge in [0.2, 0.25) is 0 Å². The first-order chi connectivity index (χ1) is 10.9. The number of benzene rings is 1. The molecule has 0 bridgehead atoms. The lowest BCUT2D eigenvalue weighted by Crippen LogP contribution is -2.16. The highest BCUT2D eigenvalue weighted by Crippen LogP contribution is 2.33. The predicted molar refractivity (Wildman–Crippen MR) is 82.1 cm³/mol. The molecule has 2 rings (SSSR count). The summed E-state index contributed by atoms with van der Waals surface area (Å²) in [5.41, 5.74) is -0.745. The predicted octanol–water partition coefficient (Wildman–Crippen LogP) is 5.61. The van der Waals surface area contributed by atoms with E-state index in [4.69, 9.17) is 4.74 Å². The summed E-state index contributed by atoms with van der Waals surface area (Å²) in [5.74, 6) is 1.18. The van der Waals surface area contributed by atoms with E-state index in [-0.39, 0.29) is 11.7 Å². The minimum absolute atomic E-state index is 0.165. The number of carbonyl (C=O) groups is 1. The second-order valence-corrected chi connectivity index (χ2v) is 6.33. The summed E-state index contributed by atoms with van der Waals surface area (Å²) in [7, 11) is 0. The van der Waals surface area contributed by atoms with Crippen LogP contribution in [-0.4, -0.2) is 5.97 Å². The third-order valence-electron chi connectivity index (χ3n) is 4.71. The monoisotopic (exact) mass is 328 g/mol. The zero-order valence-corrected chi connectivity index (χ0v) is 13.4. The highest BCUT2D eigenvalue weighted by atomic mass is 19.4. The first kappa shape index (κ1) is 17.8. The van der Waals surface area contributed by atoms with E-state index in [1.807, 2.05) is 0 Å². The second kappa shape index (κ2) is 7.84. The van der Waals surface area contributed by atoms with E-state index in [0.717, 1.165) is 37.3 Å². The molecule has 1 aliphatic carbocycles. The van der Waals surface area contributed by atoms with Crippen LogP contribution in [0.15, 0.2) is 24.3 Å². The van der Waals surface area contributed by atoms with Gasteiger partial charge in [-0.2, -0.15) is 13.2 Å². The lowest BCUT2D eigenvalue weighted by Gasteiger charge is -2.27. The molecule has 23 heavy (non-hydrogen) atoms. The maximum absolute atomic E-state index is 12.5. The molecule has 0 spiro atoms. The molecule has 1 aromatic carbocycles. The topological polar surface area (TPSA) is 26.3 Å². The number of ether oxygens (including phenoxy) is 1. The highest BCUT2D eigenvalue weighted by molar-refractivity contribution is 5.72. The molecule has 0 radical (unpaired) electrons. The van der Waals surface area contributed by atoms with Crippen LogP contribution in [0, 0.1) is 11.8 Å². The van der Waals surface area contributed by atoms with E-state index < -0.39 is 11.7 Å². The van der Waals surface area contributed by atoms with Crippen LogP contribution < -0.4 is 4.74 Å². The Morgan fingerprint density at radius 3 is 2.17 bits per heavy atom. The Balaban J connectivity index is 1.75. The van der Waals surface area contributed by atoms with Crippen molar-refractivity contribution < 1.29 is 22.7 Å². The number of halogens is 3. The van der Waals surface area contributed by atoms with Crippen molar-refractivity contribution in [2.75, 3.05) is 0 Å². The summed E-state index contributed by atoms with van der Waals surface area (Å²) in [6, 6.07) is 4.23. The third kappa shape index (κ3) is 5.56. The minimum atomic E-state index is -4.38. The Morgan fingerprint density at radius 2 is 1.65 bits per heavy atom. The Hall–Kier alpha value is -1.52. The Morgan fingerprint density at radius 1 is 1.09 bits per heavy atom. The van der Waals surface area contributed by atoms with Gasteiger partial charge in [0.05, 0.1) is 5.56 Å². The maximum atomic E-state index is 12.5. The molecule has 128 valence electrons. The van der Waals surface area contributed by atoms with E-state index in [0.29, 0.717) is 12.3 Å². The van der Waals surface area contributed by atoms with Crippen molar-refractivity contribution in [1.82, 2.24) is 0 Å². The number of hydrogen-bond donors (Lipinski definition) is 0. The highest BCUT2D eigenvalue weighted by Gasteiger charge is 2.30. The molecule has 1 aromatic rings. The molecule has 1 saturated carbocycles. The molecule has 0 atom stereocenters. The van der Waals surface area contributed by atoms with Crippen LogP contribution in [0.5, 0.6) is 5.75 Å². The molecule has 0 aliphatic heterocycles. The number of esters is 1. The van der Waals surface area contributed by atoms with Gasteiger partial charge in [0.25, 0.3) is 0 Å². The van der Waals surface area contributed by atoms with Gasteiger partial charge in [-0.15, -0.1) is 0 Å². The van der Waals surface area contributed by atoms with Gasteiger partial charge in [-0.3, -0.25) is 4.79 Å². The van der Waals surface area contributed by atoms with Crippen LogP contribution in [0.4, 0.5) is 13.2 Å². The first-order valence-corrected chi connectivity index (χ1v) is 8.26. The summed E-state index contributed by atoms with van der Waals surface area (Å²) in [6.45, 7) is 2.21. The number of carbonyl (C=O) groups excluding carboxylic acids is 1. The van der Waals surface area contributed by atoms with E-state index in [9.17, 15) is 18.0 Å². The standard InChI is InChI=1S/C18H23F3O2/c1-2-13-3-5-14(6-4-13)7-12-17(22)23-16-10-8-15(9-11-16)18(19,20)21/h8-11,13-14H,2-7,12H2,1H3. The normalized spacial score (nSPS) is 21.9. The molecule has 0 N–H and O–H groups in total. The van der Waals surface area contributed by atoms with Gasteiger partial charge in [0.15, 0.2) is 0 Å². The zero-order valence-electron chi connectivity index (χ0n) is 13.4. The van der Waals surface area contributed by atoms with Crippen molar-refractivity contribution in [1.29, 1.82) is 0 Å². The summed E-state index contributed by atoms with van der Waals surface area (Å²) in [5, 5.41) is 0. The van der Waals surface area contributed by atoms with Gasteiger partial charge >= 0.3 is 12.1 Å². The van der Waals surface area contributed by atoms with Crippen LogP contribution in [-0.2, 0) is 11.0 Å². The molecule has 0 heterocycles. The van der Waals surface area contributed by atoms with Crippen molar-refractivity contribution in [2.45, 2.75) is 58.0 Å². The Bertz CT molecular complexity index is 500. The van der Waals surface area contributed by atoms with Crippen LogP contribution in [0.1, 0.15) is 57.4 Å². The molecule has 0 aromatic heterocycles. The van der Waals surface area contributed by atoms with Gasteiger partial charge in [-0.1, -0.05) is 39.0 Å². The second-order valence-electron chi connectivity index (χ2n) is 6.33. The largest absolute Gasteiger partial charge is 0.427 e. The summed E-state index contributed by atoms with van der Waals surface area (Å²) < 4.78 is 42.5. The fraction of sp³-hybridized carbons (Fsp3) is 0.611. The number of hydrogen-bond acceptors (Lipinski definition) is 2. The van der Waals surface area contributed by atoms with E-state index in [2.05, 4.69) is 6.92 Å². The maximum Gasteiger partial charge on any atom is 0.416 e. The smallest absolute Gasteiger partial charge is 0.416 e. The lowest BCUT2D eigenvalue weighted by atomic mass is 9.79. The van der Waals surface area contributed by atoms with Gasteiger partial charge < -0.3 is 4.74 Å². The van der Waals surface area contributed by atoms with Crippen molar-refractivity contribution in [2.24, 2.45) is 11.8 Å². The van der Waals surface area contributed by atoms with E-state index in [1.54, 1.807) is 0 Å². The van der Waals surface area contributed by atoms with Crippen molar-refractivity contribution in [3.05, 3.63) is 29.8 Å². The Labute approximate surface area is 135 Å². The number of alkyl halides is 3. The molecular formula is C18H23F3O2. The third-order valence-corrected chi connectivity index (χ3v) is 4.71. The fourth-order valence-corrected chi connectivity index (χ4v) is 3.14. The molecule has 5 heteroatoms. The van der Waals surface area contributed by atoms with Gasteiger partial charge in [-0.25, -0.2) is 0 Å². The molecule has 0 amide bonds. The van der Waals surface area contributed by atoms with Crippen LogP contribution in [0.25, 0.3) is 0 Å². The molecule has 0 saturated heterocycles. The number of rotatable bonds is 5. The summed E-state index contributed by atoms with van der Waals surface area (Å²) in [4.78, 5) is 11.8. The molecule has 2 nitrogen and oxygen atoms in total. The summed E-state index contributed by atoms with van der Waals surface area (Å²) >= 11 is 0. The first-order valence-electron chi connectivity index (χ1n) is 8.26. The van der Waals surface area contributed by atoms with Crippen LogP contribution >= 0.6 is 0 Å². The van der Waals surface area contributed by atoms with Gasteiger partial charge in [-0.05, 0) is 42.5 Å². The lowest BCUT2D eigenvalue weighted by molar-refractivity contribution is -0.137. The molecular weight excluding hydrogens is 305 g/mol. The fourth-order valence-electron chi connectivity index (χ4n) is 3.14. The molecule has 1 fully saturated rings. The average molecular weight is 328 g/mol. The molecule has 0 unspecified atom stereocenters. The minimum Gasteiger partial charge on any atom is -0.427 e. The molecule has 1 aliphatic rings. The van der Waals surface area contributed by atoms with E-state index >= 15 is 0 Å². The van der Waals surface area contributed by atoms with Gasteiger partial charge in [0, 0.05) is 6.42 Å². The average Bonchev–Trinajstić information content (AvgIpc) is 2.53. The van der Waals surface area contributed by atoms with E-state index in [1.165, 1.54) is 31.4 Å². The van der Waals surface area contributed by atoms with Crippen LogP contribution in [0.3, 0.4) is 0 Å². The van der Waals surface area contributed by atoms with Crippen molar-refractivity contribution in [3.8, 4) is 5.75 Å². The van der Waals surface area contributed by atoms with Crippen molar-refractivity contribution in [3.63, 3.8) is 0 Å². The van der Waals surface area contributed by atoms with Crippen LogP contribution in [0.2, 0.25) is 0 Å². The summed E-state index contributed by atoms with van der Waals surface area (Å²) in [6.07, 6.45) is 2.75. The SMILES string of the molecule is CCC1CCC(CCC(=O)Oc2ccc(C(F)(F)F)cc2)CC1. The van der Waals surface area contributed by atoms with Crippen molar-refractivity contribution >= 4 is 5.97 Å². The zero-order chi connectivity index (χ0) is 16.9. The van der Waals surface area contributed by atoms with Gasteiger partial charge in [0.1, 0.15) is 5.75 Å². The Kier molecular flexibility index (Phi) is 6.08.